The van der Waals surface area contributed by atoms with Gasteiger partial charge in [-0.3, -0.25) is 0 Å². The van der Waals surface area contributed by atoms with Crippen molar-refractivity contribution in [2.45, 2.75) is 84.1 Å². The summed E-state index contributed by atoms with van der Waals surface area (Å²) in [5.41, 5.74) is 10.8. The van der Waals surface area contributed by atoms with E-state index in [4.69, 9.17) is 4.74 Å². The number of rotatable bonds is 9. The molecule has 2 aliphatic rings. The first-order valence-corrected chi connectivity index (χ1v) is 17.4. The Morgan fingerprint density at radius 1 is 0.894 bits per heavy atom. The zero-order valence-electron chi connectivity index (χ0n) is 29.0. The first kappa shape index (κ1) is 31.3. The Morgan fingerprint density at radius 3 is 2.43 bits per heavy atom. The quantitative estimate of drug-likeness (QED) is 0.149. The molecule has 0 atom stereocenters. The summed E-state index contributed by atoms with van der Waals surface area (Å²) in [5.74, 6) is 0.724. The molecule has 5 aromatic rings. The first-order chi connectivity index (χ1) is 22.7. The smallest absolute Gasteiger partial charge is 0.222 e. The average Bonchev–Trinajstić information content (AvgIpc) is 3.19. The van der Waals surface area contributed by atoms with Gasteiger partial charge in [-0.1, -0.05) is 65.3 Å². The van der Waals surface area contributed by atoms with Crippen molar-refractivity contribution in [2.75, 3.05) is 7.11 Å². The van der Waals surface area contributed by atoms with Crippen LogP contribution < -0.4 is 13.9 Å². The van der Waals surface area contributed by atoms with Crippen LogP contribution >= 0.6 is 0 Å². The summed E-state index contributed by atoms with van der Waals surface area (Å²) >= 11 is 0. The van der Waals surface area contributed by atoms with Crippen LogP contribution in [0.2, 0.25) is 0 Å². The van der Waals surface area contributed by atoms with Gasteiger partial charge in [0.1, 0.15) is 18.6 Å². The minimum Gasteiger partial charge on any atom is -0.497 e. The fourth-order valence-electron chi connectivity index (χ4n) is 8.63. The van der Waals surface area contributed by atoms with Gasteiger partial charge in [0.2, 0.25) is 11.4 Å². The highest BCUT2D eigenvalue weighted by atomic mass is 19.1. The average molecular weight is 627 g/mol. The van der Waals surface area contributed by atoms with Crippen LogP contribution in [0.15, 0.2) is 84.7 Å². The molecule has 2 aromatic heterocycles. The van der Waals surface area contributed by atoms with Gasteiger partial charge in [0.25, 0.3) is 0 Å². The molecule has 240 valence electrons. The molecule has 3 heterocycles. The molecule has 0 radical (unpaired) electrons. The minimum atomic E-state index is -0.479. The summed E-state index contributed by atoms with van der Waals surface area (Å²) < 4.78 is 26.7. The maximum absolute atomic E-state index is 16.3. The maximum Gasteiger partial charge on any atom is 0.222 e. The number of ether oxygens (including phenoxy) is 1. The molecule has 7 rings (SSSR count). The number of benzene rings is 3. The highest BCUT2D eigenvalue weighted by molar-refractivity contribution is 6.02. The minimum absolute atomic E-state index is 0.119. The Labute approximate surface area is 279 Å². The zero-order chi connectivity index (χ0) is 33.1. The zero-order valence-corrected chi connectivity index (χ0v) is 29.0. The molecule has 1 aliphatic heterocycles. The lowest BCUT2D eigenvalue weighted by Crippen LogP contribution is -2.58. The van der Waals surface area contributed by atoms with E-state index >= 15 is 4.39 Å². The van der Waals surface area contributed by atoms with E-state index in [1.165, 1.54) is 38.7 Å². The highest BCUT2D eigenvalue weighted by Gasteiger charge is 2.49. The van der Waals surface area contributed by atoms with Gasteiger partial charge in [0.15, 0.2) is 17.9 Å². The van der Waals surface area contributed by atoms with E-state index in [1.54, 1.807) is 13.2 Å². The Bertz CT molecular complexity index is 2070. The van der Waals surface area contributed by atoms with E-state index in [0.717, 1.165) is 72.2 Å². The lowest BCUT2D eigenvalue weighted by molar-refractivity contribution is -0.745. The number of hydrogen-bond acceptors (Lipinski definition) is 1. The molecule has 0 saturated heterocycles. The highest BCUT2D eigenvalue weighted by Crippen LogP contribution is 2.53. The van der Waals surface area contributed by atoms with Crippen LogP contribution in [-0.2, 0) is 30.8 Å². The van der Waals surface area contributed by atoms with E-state index in [9.17, 15) is 0 Å². The molecule has 1 aliphatic carbocycles. The van der Waals surface area contributed by atoms with Crippen molar-refractivity contribution in [1.29, 1.82) is 0 Å². The van der Waals surface area contributed by atoms with Gasteiger partial charge in [-0.25, -0.2) is 8.96 Å². The van der Waals surface area contributed by atoms with Crippen molar-refractivity contribution in [3.63, 3.8) is 0 Å². The summed E-state index contributed by atoms with van der Waals surface area (Å²) in [7, 11) is 3.82. The summed E-state index contributed by atoms with van der Waals surface area (Å²) in [6.07, 6.45) is 12.7. The fourth-order valence-corrected chi connectivity index (χ4v) is 8.63. The van der Waals surface area contributed by atoms with Crippen LogP contribution in [0, 0.1) is 5.82 Å². The molecule has 0 spiro atoms. The fraction of sp³-hybridized carbons (Fsp3) is 0.349. The third kappa shape index (κ3) is 4.74. The normalized spacial score (nSPS) is 15.4. The third-order valence-corrected chi connectivity index (χ3v) is 11.2. The number of unbranched alkanes of at least 4 members (excludes halogenated alkanes) is 1. The number of aromatic nitrogens is 2. The van der Waals surface area contributed by atoms with E-state index in [2.05, 4.69) is 124 Å². The molecule has 0 N–H and O–H groups in total. The maximum atomic E-state index is 16.3. The van der Waals surface area contributed by atoms with Gasteiger partial charge in [-0.05, 0) is 70.8 Å². The van der Waals surface area contributed by atoms with Crippen LogP contribution in [0.1, 0.15) is 88.1 Å². The van der Waals surface area contributed by atoms with Crippen molar-refractivity contribution in [1.82, 2.24) is 0 Å². The van der Waals surface area contributed by atoms with Gasteiger partial charge >= 0.3 is 0 Å². The number of allylic oxidation sites excluding steroid dienone is 1. The number of hydrogen-bond donors (Lipinski definition) is 0. The standard InChI is InChI=1S/C43H47FN2O/c1-8-11-14-28-23-31-20-22-46-41-38(31)35(24-28)42(4,5)40-36(44)19-17-30(39(40)41)26-32(43(46,9-2)10-3)25-29-16-18-33(47-7)27-34(29)37-15-12-13-21-45(37)6/h12-13,15-24,26-27H,8-11,14,25H2,1-7H3/q+2. The Kier molecular flexibility index (Phi) is 7.82. The lowest BCUT2D eigenvalue weighted by atomic mass is 9.68. The van der Waals surface area contributed by atoms with Gasteiger partial charge in [-0.15, -0.1) is 0 Å². The molecule has 0 saturated carbocycles. The second-order valence-electron chi connectivity index (χ2n) is 14.1. The predicted molar refractivity (Wildman–Crippen MR) is 190 cm³/mol. The summed E-state index contributed by atoms with van der Waals surface area (Å²) in [5, 5.41) is 2.53. The Hall–Kier alpha value is -4.31. The summed E-state index contributed by atoms with van der Waals surface area (Å²) in [4.78, 5) is 0. The molecule has 3 nitrogen and oxygen atoms in total. The van der Waals surface area contributed by atoms with E-state index in [-0.39, 0.29) is 11.4 Å². The second kappa shape index (κ2) is 11.7. The number of pyridine rings is 2. The Balaban J connectivity index is 1.53. The first-order valence-electron chi connectivity index (χ1n) is 17.4. The van der Waals surface area contributed by atoms with Crippen molar-refractivity contribution in [3.8, 4) is 28.3 Å². The second-order valence-corrected chi connectivity index (χ2v) is 14.1. The molecular weight excluding hydrogens is 579 g/mol. The van der Waals surface area contributed by atoms with Crippen molar-refractivity contribution >= 4 is 16.8 Å². The SMILES string of the molecule is CCCCc1cc2c3c4[n+](ccc3c1)C(CC)(CC)C(Cc1ccc(OC)cc1-c1cccc[n+]1C)=Cc1ccc(F)c(c1-4)C2(C)C. The molecule has 0 bridgehead atoms. The van der Waals surface area contributed by atoms with Crippen LogP contribution in [0.5, 0.6) is 5.75 Å². The molecule has 47 heavy (non-hydrogen) atoms. The van der Waals surface area contributed by atoms with Crippen molar-refractivity contribution in [2.24, 2.45) is 7.05 Å². The van der Waals surface area contributed by atoms with E-state index in [0.29, 0.717) is 0 Å². The molecule has 0 unspecified atom stereocenters. The number of halogens is 1. The van der Waals surface area contributed by atoms with Crippen LogP contribution in [0.3, 0.4) is 0 Å². The van der Waals surface area contributed by atoms with Crippen molar-refractivity contribution < 1.29 is 18.3 Å². The van der Waals surface area contributed by atoms with Crippen LogP contribution in [0.4, 0.5) is 4.39 Å². The number of aryl methyl sites for hydroxylation is 2. The molecule has 0 amide bonds. The largest absolute Gasteiger partial charge is 0.497 e. The predicted octanol–water partition coefficient (Wildman–Crippen LogP) is 9.57. The van der Waals surface area contributed by atoms with E-state index in [1.807, 2.05) is 6.07 Å². The molecular formula is C43H47FN2O+2. The van der Waals surface area contributed by atoms with Crippen LogP contribution in [-0.4, -0.2) is 7.11 Å². The van der Waals surface area contributed by atoms with E-state index < -0.39 is 5.41 Å². The van der Waals surface area contributed by atoms with Gasteiger partial charge in [0, 0.05) is 54.0 Å². The Morgan fingerprint density at radius 2 is 1.70 bits per heavy atom. The summed E-state index contributed by atoms with van der Waals surface area (Å²) in [6, 6.07) is 23.6. The van der Waals surface area contributed by atoms with Gasteiger partial charge in [0.05, 0.1) is 23.6 Å². The number of nitrogens with zero attached hydrogens (tertiary/aromatic N) is 2. The molecule has 3 aromatic carbocycles. The molecule has 4 heteroatoms. The lowest BCUT2D eigenvalue weighted by Gasteiger charge is -2.36. The molecule has 0 fully saturated rings. The third-order valence-electron chi connectivity index (χ3n) is 11.2. The summed E-state index contributed by atoms with van der Waals surface area (Å²) in [6.45, 7) is 11.3. The van der Waals surface area contributed by atoms with Crippen molar-refractivity contribution in [3.05, 3.63) is 118 Å². The van der Waals surface area contributed by atoms with Gasteiger partial charge in [-0.2, -0.15) is 4.57 Å². The van der Waals surface area contributed by atoms with Crippen LogP contribution in [0.25, 0.3) is 39.4 Å². The van der Waals surface area contributed by atoms with Gasteiger partial charge < -0.3 is 4.74 Å². The topological polar surface area (TPSA) is 17.0 Å². The number of methoxy groups -OCH3 is 1. The monoisotopic (exact) mass is 626 g/mol.